The largest absolute Gasteiger partial charge is 0.345 e. The van der Waals surface area contributed by atoms with Crippen LogP contribution >= 0.6 is 23.1 Å². The lowest BCUT2D eigenvalue weighted by Crippen LogP contribution is -2.35. The van der Waals surface area contributed by atoms with Crippen LogP contribution in [0.1, 0.15) is 66.3 Å². The first-order valence-electron chi connectivity index (χ1n) is 12.3. The Balaban J connectivity index is 1.30. The molecule has 4 rings (SSSR count). The Bertz CT molecular complexity index is 1050. The number of unbranched alkanes of at least 4 members (excludes halogenated alkanes) is 3. The predicted octanol–water partition coefficient (Wildman–Crippen LogP) is 6.26. The lowest BCUT2D eigenvalue weighted by molar-refractivity contribution is 0.0767. The molecule has 0 unspecified atom stereocenters. The van der Waals surface area contributed by atoms with E-state index in [1.165, 1.54) is 42.8 Å². The number of anilines is 1. The van der Waals surface area contributed by atoms with E-state index in [1.807, 2.05) is 41.3 Å². The van der Waals surface area contributed by atoms with Crippen LogP contribution in [-0.4, -0.2) is 46.3 Å². The molecule has 0 radical (unpaired) electrons. The van der Waals surface area contributed by atoms with E-state index in [0.717, 1.165) is 59.6 Å². The molecule has 1 fully saturated rings. The Morgan fingerprint density at radius 2 is 1.71 bits per heavy atom. The quantitative estimate of drug-likeness (QED) is 0.328. The zero-order valence-electron chi connectivity index (χ0n) is 19.9. The maximum absolute atomic E-state index is 13.1. The van der Waals surface area contributed by atoms with Gasteiger partial charge in [0.15, 0.2) is 0 Å². The lowest BCUT2D eigenvalue weighted by Gasteiger charge is -2.21. The van der Waals surface area contributed by atoms with Gasteiger partial charge in [0.1, 0.15) is 5.82 Å². The second-order valence-corrected chi connectivity index (χ2v) is 10.1. The van der Waals surface area contributed by atoms with E-state index in [1.54, 1.807) is 0 Å². The fourth-order valence-corrected chi connectivity index (χ4v) is 5.16. The minimum atomic E-state index is 0.125. The van der Waals surface area contributed by atoms with Crippen molar-refractivity contribution in [3.8, 4) is 0 Å². The van der Waals surface area contributed by atoms with Crippen molar-refractivity contribution in [3.63, 3.8) is 0 Å². The van der Waals surface area contributed by atoms with Crippen LogP contribution in [0.25, 0.3) is 0 Å². The SMILES string of the molecule is CCCCCCc1ccc(C(=O)N2CCCN(c3nc(Cc4ccc(Cl)cc4)ns3)CC2)cc1. The number of hydrogen-bond donors (Lipinski definition) is 0. The summed E-state index contributed by atoms with van der Waals surface area (Å²) in [4.78, 5) is 22.1. The highest BCUT2D eigenvalue weighted by molar-refractivity contribution is 7.09. The molecule has 3 aromatic rings. The molecule has 1 amide bonds. The maximum atomic E-state index is 13.1. The molecule has 5 nitrogen and oxygen atoms in total. The van der Waals surface area contributed by atoms with Crippen molar-refractivity contribution in [1.82, 2.24) is 14.3 Å². The maximum Gasteiger partial charge on any atom is 0.253 e. The van der Waals surface area contributed by atoms with Gasteiger partial charge in [0.2, 0.25) is 5.13 Å². The monoisotopic (exact) mass is 496 g/mol. The third kappa shape index (κ3) is 6.80. The van der Waals surface area contributed by atoms with Crippen molar-refractivity contribution in [2.24, 2.45) is 0 Å². The minimum absolute atomic E-state index is 0.125. The average molecular weight is 497 g/mol. The molecule has 7 heteroatoms. The van der Waals surface area contributed by atoms with Crippen molar-refractivity contribution in [2.45, 2.75) is 51.9 Å². The van der Waals surface area contributed by atoms with Crippen LogP contribution in [0.3, 0.4) is 0 Å². The van der Waals surface area contributed by atoms with Crippen molar-refractivity contribution >= 4 is 34.2 Å². The van der Waals surface area contributed by atoms with E-state index in [0.29, 0.717) is 13.0 Å². The van der Waals surface area contributed by atoms with Crippen LogP contribution in [0.4, 0.5) is 5.13 Å². The number of nitrogens with zero attached hydrogens (tertiary/aromatic N) is 4. The van der Waals surface area contributed by atoms with Gasteiger partial charge >= 0.3 is 0 Å². The zero-order valence-corrected chi connectivity index (χ0v) is 21.5. The van der Waals surface area contributed by atoms with E-state index < -0.39 is 0 Å². The van der Waals surface area contributed by atoms with E-state index in [-0.39, 0.29) is 5.91 Å². The topological polar surface area (TPSA) is 49.3 Å². The molecule has 1 aromatic heterocycles. The molecule has 0 aliphatic carbocycles. The molecule has 1 aliphatic heterocycles. The first-order chi connectivity index (χ1) is 16.6. The zero-order chi connectivity index (χ0) is 23.8. The Labute approximate surface area is 211 Å². The number of halogens is 1. The summed E-state index contributed by atoms with van der Waals surface area (Å²) in [7, 11) is 0. The van der Waals surface area contributed by atoms with Crippen LogP contribution in [0.2, 0.25) is 5.02 Å². The fraction of sp³-hybridized carbons (Fsp3) is 0.444. The summed E-state index contributed by atoms with van der Waals surface area (Å²) in [6, 6.07) is 16.0. The van der Waals surface area contributed by atoms with Gasteiger partial charge in [0.05, 0.1) is 0 Å². The van der Waals surface area contributed by atoms with E-state index in [2.05, 4.69) is 28.3 Å². The van der Waals surface area contributed by atoms with E-state index in [9.17, 15) is 4.79 Å². The highest BCUT2D eigenvalue weighted by Gasteiger charge is 2.22. The third-order valence-electron chi connectivity index (χ3n) is 6.31. The minimum Gasteiger partial charge on any atom is -0.345 e. The second kappa shape index (κ2) is 12.3. The van der Waals surface area contributed by atoms with E-state index in [4.69, 9.17) is 16.6 Å². The van der Waals surface area contributed by atoms with Crippen molar-refractivity contribution in [1.29, 1.82) is 0 Å². The standard InChI is InChI=1S/C27H33ClN4OS/c1-2-3-4-5-7-21-8-12-23(13-9-21)26(33)31-16-6-17-32(19-18-31)27-29-25(30-34-27)20-22-10-14-24(28)15-11-22/h8-15H,2-7,16-20H2,1H3. The summed E-state index contributed by atoms with van der Waals surface area (Å²) in [5.74, 6) is 0.953. The van der Waals surface area contributed by atoms with Gasteiger partial charge in [0, 0.05) is 54.7 Å². The molecule has 1 saturated heterocycles. The van der Waals surface area contributed by atoms with Crippen LogP contribution in [0, 0.1) is 0 Å². The first kappa shape index (κ1) is 24.7. The molecule has 180 valence electrons. The summed E-state index contributed by atoms with van der Waals surface area (Å²) in [6.45, 7) is 5.36. The molecule has 34 heavy (non-hydrogen) atoms. The fourth-order valence-electron chi connectivity index (χ4n) is 4.29. The number of benzene rings is 2. The normalized spacial score (nSPS) is 14.3. The molecule has 1 aliphatic rings. The molecular weight excluding hydrogens is 464 g/mol. The number of aromatic nitrogens is 2. The number of carbonyl (C=O) groups is 1. The van der Waals surface area contributed by atoms with Gasteiger partial charge in [0.25, 0.3) is 5.91 Å². The van der Waals surface area contributed by atoms with Crippen LogP contribution in [0.5, 0.6) is 0 Å². The summed E-state index contributed by atoms with van der Waals surface area (Å²) in [5.41, 5.74) is 3.25. The molecule has 2 aromatic carbocycles. The number of carbonyl (C=O) groups excluding carboxylic acids is 1. The highest BCUT2D eigenvalue weighted by atomic mass is 35.5. The van der Waals surface area contributed by atoms with Gasteiger partial charge < -0.3 is 9.80 Å². The van der Waals surface area contributed by atoms with Crippen molar-refractivity contribution < 1.29 is 4.79 Å². The Morgan fingerprint density at radius 1 is 0.941 bits per heavy atom. The number of aryl methyl sites for hydroxylation is 1. The predicted molar refractivity (Wildman–Crippen MR) is 141 cm³/mol. The molecule has 0 bridgehead atoms. The molecular formula is C27H33ClN4OS. The third-order valence-corrected chi connectivity index (χ3v) is 7.37. The molecule has 2 heterocycles. The van der Waals surface area contributed by atoms with Crippen LogP contribution in [-0.2, 0) is 12.8 Å². The van der Waals surface area contributed by atoms with Gasteiger partial charge in [-0.25, -0.2) is 4.98 Å². The highest BCUT2D eigenvalue weighted by Crippen LogP contribution is 2.22. The van der Waals surface area contributed by atoms with Gasteiger partial charge in [-0.15, -0.1) is 0 Å². The number of hydrogen-bond acceptors (Lipinski definition) is 5. The Kier molecular flexibility index (Phi) is 8.94. The van der Waals surface area contributed by atoms with Gasteiger partial charge in [-0.2, -0.15) is 4.37 Å². The average Bonchev–Trinajstić information content (AvgIpc) is 3.18. The van der Waals surface area contributed by atoms with Crippen LogP contribution < -0.4 is 4.90 Å². The van der Waals surface area contributed by atoms with Crippen LogP contribution in [0.15, 0.2) is 48.5 Å². The summed E-state index contributed by atoms with van der Waals surface area (Å²) in [5, 5.41) is 1.67. The van der Waals surface area contributed by atoms with Crippen molar-refractivity contribution in [3.05, 3.63) is 76.1 Å². The Morgan fingerprint density at radius 3 is 2.47 bits per heavy atom. The van der Waals surface area contributed by atoms with Gasteiger partial charge in [-0.1, -0.05) is 62.1 Å². The van der Waals surface area contributed by atoms with Crippen molar-refractivity contribution in [2.75, 3.05) is 31.1 Å². The second-order valence-electron chi connectivity index (χ2n) is 8.94. The molecule has 0 saturated carbocycles. The Hall–Kier alpha value is -2.44. The molecule has 0 atom stereocenters. The molecule has 0 N–H and O–H groups in total. The summed E-state index contributed by atoms with van der Waals surface area (Å²) >= 11 is 7.42. The van der Waals surface area contributed by atoms with Gasteiger partial charge in [-0.05, 0) is 54.7 Å². The van der Waals surface area contributed by atoms with Gasteiger partial charge in [-0.3, -0.25) is 4.79 Å². The van der Waals surface area contributed by atoms with E-state index >= 15 is 0 Å². The summed E-state index contributed by atoms with van der Waals surface area (Å²) in [6.07, 6.45) is 7.76. The smallest absolute Gasteiger partial charge is 0.253 e. The number of rotatable bonds is 9. The first-order valence-corrected chi connectivity index (χ1v) is 13.5. The number of amides is 1. The summed E-state index contributed by atoms with van der Waals surface area (Å²) < 4.78 is 4.56. The molecule has 0 spiro atoms. The lowest BCUT2D eigenvalue weighted by atomic mass is 10.0.